The summed E-state index contributed by atoms with van der Waals surface area (Å²) in [6.07, 6.45) is 0.491. The number of halogens is 2. The smallest absolute Gasteiger partial charge is 0.227 e. The van der Waals surface area contributed by atoms with E-state index in [2.05, 4.69) is 0 Å². The van der Waals surface area contributed by atoms with Gasteiger partial charge in [-0.15, -0.1) is 0 Å². The zero-order valence-corrected chi connectivity index (χ0v) is 7.55. The molecule has 0 aromatic heterocycles. The Morgan fingerprint density at radius 2 is 2.08 bits per heavy atom. The van der Waals surface area contributed by atoms with E-state index < -0.39 is 5.56 Å². The first-order chi connectivity index (χ1) is 5.74. The summed E-state index contributed by atoms with van der Waals surface area (Å²) in [5.41, 5.74) is -0.982. The van der Waals surface area contributed by atoms with Crippen LogP contribution in [-0.4, -0.2) is 11.8 Å². The highest BCUT2D eigenvalue weighted by molar-refractivity contribution is 6.32. The van der Waals surface area contributed by atoms with Crippen molar-refractivity contribution < 1.29 is 9.53 Å². The molecule has 0 radical (unpaired) electrons. The molecule has 4 heteroatoms. The maximum Gasteiger partial charge on any atom is 0.227 e. The predicted molar refractivity (Wildman–Crippen MR) is 47.8 cm³/mol. The molecule has 0 heterocycles. The van der Waals surface area contributed by atoms with Crippen molar-refractivity contribution in [3.8, 4) is 5.75 Å². The lowest BCUT2D eigenvalue weighted by Crippen LogP contribution is -2.09. The first-order valence-corrected chi connectivity index (χ1v) is 4.06. The van der Waals surface area contributed by atoms with Gasteiger partial charge in [0.15, 0.2) is 6.29 Å². The maximum atomic E-state index is 10.1. The maximum absolute atomic E-state index is 10.1. The Morgan fingerprint density at radius 3 is 2.67 bits per heavy atom. The first-order valence-electron chi connectivity index (χ1n) is 3.24. The fraction of sp³-hybridized carbons (Fsp3) is 0.125. The second-order valence-corrected chi connectivity index (χ2v) is 2.87. The largest absolute Gasteiger partial charge is 0.466 e. The summed E-state index contributed by atoms with van der Waals surface area (Å²) >= 11 is 11.1. The summed E-state index contributed by atoms with van der Waals surface area (Å²) in [7, 11) is 0. The number of alkyl halides is 1. The Labute approximate surface area is 80.0 Å². The first kappa shape index (κ1) is 9.36. The number of carbonyl (C=O) groups is 1. The van der Waals surface area contributed by atoms with Crippen molar-refractivity contribution in [2.24, 2.45) is 0 Å². The molecule has 1 rings (SSSR count). The van der Waals surface area contributed by atoms with Crippen molar-refractivity contribution in [2.45, 2.75) is 5.56 Å². The monoisotopic (exact) mass is 204 g/mol. The van der Waals surface area contributed by atoms with Crippen LogP contribution in [0, 0.1) is 0 Å². The highest BCUT2D eigenvalue weighted by atomic mass is 35.5. The van der Waals surface area contributed by atoms with Crippen LogP contribution in [0.15, 0.2) is 24.3 Å². The fourth-order valence-electron chi connectivity index (χ4n) is 0.689. The molecular weight excluding hydrogens is 199 g/mol. The highest BCUT2D eigenvalue weighted by Crippen LogP contribution is 2.24. The second kappa shape index (κ2) is 4.33. The molecule has 1 aromatic rings. The van der Waals surface area contributed by atoms with Crippen LogP contribution in [0.2, 0.25) is 5.02 Å². The number of carbonyl (C=O) groups excluding carboxylic acids is 1. The van der Waals surface area contributed by atoms with Crippen LogP contribution in [0.5, 0.6) is 5.75 Å². The minimum Gasteiger partial charge on any atom is -0.466 e. The average molecular weight is 205 g/mol. The summed E-state index contributed by atoms with van der Waals surface area (Å²) in [6.45, 7) is 0. The van der Waals surface area contributed by atoms with Gasteiger partial charge in [-0.1, -0.05) is 35.3 Å². The minimum atomic E-state index is -0.982. The summed E-state index contributed by atoms with van der Waals surface area (Å²) in [6, 6.07) is 6.81. The lowest BCUT2D eigenvalue weighted by atomic mass is 10.3. The molecule has 0 saturated heterocycles. The fourth-order valence-corrected chi connectivity index (χ4v) is 0.966. The van der Waals surface area contributed by atoms with Crippen LogP contribution in [0.4, 0.5) is 0 Å². The Bertz CT molecular complexity index is 276. The van der Waals surface area contributed by atoms with E-state index in [4.69, 9.17) is 27.9 Å². The van der Waals surface area contributed by atoms with Gasteiger partial charge in [-0.3, -0.25) is 4.79 Å². The Morgan fingerprint density at radius 1 is 1.42 bits per heavy atom. The van der Waals surface area contributed by atoms with Crippen molar-refractivity contribution in [3.05, 3.63) is 29.3 Å². The van der Waals surface area contributed by atoms with Crippen LogP contribution in [0.1, 0.15) is 0 Å². The molecule has 12 heavy (non-hydrogen) atoms. The molecule has 0 amide bonds. The average Bonchev–Trinajstić information content (AvgIpc) is 2.09. The van der Waals surface area contributed by atoms with Gasteiger partial charge in [0.2, 0.25) is 5.56 Å². The van der Waals surface area contributed by atoms with Crippen molar-refractivity contribution in [3.63, 3.8) is 0 Å². The molecule has 64 valence electrons. The van der Waals surface area contributed by atoms with E-state index in [9.17, 15) is 4.79 Å². The molecule has 0 spiro atoms. The van der Waals surface area contributed by atoms with E-state index in [-0.39, 0.29) is 0 Å². The van der Waals surface area contributed by atoms with Crippen LogP contribution in [0.3, 0.4) is 0 Å². The molecule has 0 aliphatic heterocycles. The summed E-state index contributed by atoms with van der Waals surface area (Å²) < 4.78 is 4.96. The number of aldehydes is 1. The van der Waals surface area contributed by atoms with Crippen LogP contribution in [0.25, 0.3) is 0 Å². The molecular formula is C8H6Cl2O2. The minimum absolute atomic E-state index is 0.409. The van der Waals surface area contributed by atoms with Crippen LogP contribution < -0.4 is 4.74 Å². The number of hydrogen-bond donors (Lipinski definition) is 0. The van der Waals surface area contributed by atoms with Gasteiger partial charge >= 0.3 is 0 Å². The van der Waals surface area contributed by atoms with Crippen molar-refractivity contribution >= 4 is 29.5 Å². The molecule has 0 aliphatic rings. The van der Waals surface area contributed by atoms with Crippen molar-refractivity contribution in [1.82, 2.24) is 0 Å². The van der Waals surface area contributed by atoms with Gasteiger partial charge in [0.25, 0.3) is 0 Å². The van der Waals surface area contributed by atoms with E-state index in [1.807, 2.05) is 0 Å². The lowest BCUT2D eigenvalue weighted by molar-refractivity contribution is -0.110. The molecule has 0 saturated carbocycles. The van der Waals surface area contributed by atoms with E-state index in [0.29, 0.717) is 17.1 Å². The highest BCUT2D eigenvalue weighted by Gasteiger charge is 2.05. The zero-order chi connectivity index (χ0) is 8.97. The molecule has 1 unspecified atom stereocenters. The zero-order valence-electron chi connectivity index (χ0n) is 6.04. The SMILES string of the molecule is O=CC(Cl)Oc1ccccc1Cl. The Balaban J connectivity index is 2.75. The third kappa shape index (κ3) is 2.40. The number of benzene rings is 1. The predicted octanol–water partition coefficient (Wildman–Crippen LogP) is 2.48. The van der Waals surface area contributed by atoms with E-state index in [0.717, 1.165) is 0 Å². The number of hydrogen-bond acceptors (Lipinski definition) is 2. The summed E-state index contributed by atoms with van der Waals surface area (Å²) in [5.74, 6) is 0.409. The second-order valence-electron chi connectivity index (χ2n) is 2.04. The summed E-state index contributed by atoms with van der Waals surface area (Å²) in [5, 5.41) is 0.435. The van der Waals surface area contributed by atoms with Crippen molar-refractivity contribution in [1.29, 1.82) is 0 Å². The number of rotatable bonds is 3. The molecule has 0 aliphatic carbocycles. The quantitative estimate of drug-likeness (QED) is 0.559. The van der Waals surface area contributed by atoms with Gasteiger partial charge in [-0.2, -0.15) is 0 Å². The summed E-state index contributed by atoms with van der Waals surface area (Å²) in [4.78, 5) is 10.1. The van der Waals surface area contributed by atoms with Gasteiger partial charge in [-0.05, 0) is 12.1 Å². The molecule has 2 nitrogen and oxygen atoms in total. The van der Waals surface area contributed by atoms with E-state index >= 15 is 0 Å². The Kier molecular flexibility index (Phi) is 3.38. The molecule has 1 atom stereocenters. The topological polar surface area (TPSA) is 26.3 Å². The third-order valence-electron chi connectivity index (χ3n) is 1.18. The Hall–Kier alpha value is -0.730. The van der Waals surface area contributed by atoms with Gasteiger partial charge in [0.1, 0.15) is 5.75 Å². The molecule has 0 fully saturated rings. The molecule has 1 aromatic carbocycles. The van der Waals surface area contributed by atoms with Gasteiger partial charge in [-0.25, -0.2) is 0 Å². The van der Waals surface area contributed by atoms with Crippen LogP contribution >= 0.6 is 23.2 Å². The standard InChI is InChI=1S/C8H6Cl2O2/c9-6-3-1-2-4-7(6)12-8(10)5-11/h1-5,8H. The van der Waals surface area contributed by atoms with Gasteiger partial charge in [0.05, 0.1) is 5.02 Å². The normalized spacial score (nSPS) is 12.2. The molecule has 0 N–H and O–H groups in total. The van der Waals surface area contributed by atoms with Gasteiger partial charge in [0, 0.05) is 0 Å². The number of ether oxygens (including phenoxy) is 1. The van der Waals surface area contributed by atoms with E-state index in [1.165, 1.54) is 0 Å². The van der Waals surface area contributed by atoms with Crippen LogP contribution in [-0.2, 0) is 4.79 Å². The number of para-hydroxylation sites is 1. The molecule has 0 bridgehead atoms. The van der Waals surface area contributed by atoms with E-state index in [1.54, 1.807) is 24.3 Å². The lowest BCUT2D eigenvalue weighted by Gasteiger charge is -2.07. The van der Waals surface area contributed by atoms with Gasteiger partial charge < -0.3 is 4.74 Å². The van der Waals surface area contributed by atoms with Crippen molar-refractivity contribution in [2.75, 3.05) is 0 Å². The third-order valence-corrected chi connectivity index (χ3v) is 1.69.